The summed E-state index contributed by atoms with van der Waals surface area (Å²) >= 11 is 0. The monoisotopic (exact) mass is 237 g/mol. The lowest BCUT2D eigenvalue weighted by Gasteiger charge is -2.20. The van der Waals surface area contributed by atoms with Crippen molar-refractivity contribution in [1.82, 2.24) is 14.9 Å². The van der Waals surface area contributed by atoms with Crippen molar-refractivity contribution in [1.29, 1.82) is 0 Å². The zero-order valence-corrected chi connectivity index (χ0v) is 11.3. The van der Waals surface area contributed by atoms with Crippen LogP contribution in [0.25, 0.3) is 0 Å². The molecule has 0 saturated heterocycles. The number of carbonyl (C=O) groups is 1. The molecule has 4 nitrogen and oxygen atoms in total. The molecule has 0 spiro atoms. The topological polar surface area (TPSA) is 46.9 Å². The van der Waals surface area contributed by atoms with Crippen molar-refractivity contribution in [3.8, 4) is 0 Å². The van der Waals surface area contributed by atoms with Gasteiger partial charge in [0.2, 0.25) is 0 Å². The highest BCUT2D eigenvalue weighted by molar-refractivity contribution is 5.78. The van der Waals surface area contributed by atoms with Crippen molar-refractivity contribution in [2.75, 3.05) is 6.54 Å². The third-order valence-corrected chi connectivity index (χ3v) is 2.61. The summed E-state index contributed by atoms with van der Waals surface area (Å²) in [6.45, 7) is 7.06. The molecule has 1 aromatic rings. The first-order valence-electron chi connectivity index (χ1n) is 6.11. The largest absolute Gasteiger partial charge is 0.338 e. The summed E-state index contributed by atoms with van der Waals surface area (Å²) in [5.41, 5.74) is 0.0833. The summed E-state index contributed by atoms with van der Waals surface area (Å²) < 4.78 is 1.96. The van der Waals surface area contributed by atoms with Gasteiger partial charge in [-0.3, -0.25) is 4.79 Å². The number of imidazole rings is 1. The number of Topliss-reactive ketones (excluding diaryl/α,β-unsaturated/α-hetero) is 1. The SMILES string of the molecule is Cn1ccnc1CCC(=O)CCNC(C)(C)C. The second kappa shape index (κ2) is 5.96. The highest BCUT2D eigenvalue weighted by Gasteiger charge is 2.10. The molecule has 0 saturated carbocycles. The van der Waals surface area contributed by atoms with E-state index in [0.717, 1.165) is 18.8 Å². The van der Waals surface area contributed by atoms with Crippen molar-refractivity contribution in [3.05, 3.63) is 18.2 Å². The van der Waals surface area contributed by atoms with Gasteiger partial charge in [-0.2, -0.15) is 0 Å². The van der Waals surface area contributed by atoms with Crippen molar-refractivity contribution >= 4 is 5.78 Å². The first-order valence-corrected chi connectivity index (χ1v) is 6.11. The summed E-state index contributed by atoms with van der Waals surface area (Å²) in [6, 6.07) is 0. The van der Waals surface area contributed by atoms with Crippen LogP contribution in [0.15, 0.2) is 12.4 Å². The predicted molar refractivity (Wildman–Crippen MR) is 68.9 cm³/mol. The van der Waals surface area contributed by atoms with Crippen LogP contribution in [-0.2, 0) is 18.3 Å². The molecule has 0 aromatic carbocycles. The van der Waals surface area contributed by atoms with Gasteiger partial charge in [0, 0.05) is 50.8 Å². The van der Waals surface area contributed by atoms with Gasteiger partial charge in [-0.05, 0) is 20.8 Å². The molecular weight excluding hydrogens is 214 g/mol. The minimum Gasteiger partial charge on any atom is -0.338 e. The molecule has 1 rings (SSSR count). The van der Waals surface area contributed by atoms with Gasteiger partial charge >= 0.3 is 0 Å². The van der Waals surface area contributed by atoms with E-state index in [0.29, 0.717) is 18.6 Å². The average molecular weight is 237 g/mol. The van der Waals surface area contributed by atoms with Crippen molar-refractivity contribution in [2.24, 2.45) is 7.05 Å². The Morgan fingerprint density at radius 1 is 1.41 bits per heavy atom. The third kappa shape index (κ3) is 5.63. The van der Waals surface area contributed by atoms with Crippen molar-refractivity contribution in [3.63, 3.8) is 0 Å². The second-order valence-electron chi connectivity index (χ2n) is 5.42. The van der Waals surface area contributed by atoms with E-state index < -0.39 is 0 Å². The van der Waals surface area contributed by atoms with Gasteiger partial charge in [0.15, 0.2) is 0 Å². The van der Waals surface area contributed by atoms with E-state index >= 15 is 0 Å². The van der Waals surface area contributed by atoms with Crippen LogP contribution in [0.5, 0.6) is 0 Å². The van der Waals surface area contributed by atoms with Gasteiger partial charge in [-0.15, -0.1) is 0 Å². The molecule has 1 aromatic heterocycles. The molecule has 1 N–H and O–H groups in total. The maximum atomic E-state index is 11.7. The number of hydrogen-bond acceptors (Lipinski definition) is 3. The predicted octanol–water partition coefficient (Wildman–Crippen LogP) is 1.70. The smallest absolute Gasteiger partial charge is 0.134 e. The summed E-state index contributed by atoms with van der Waals surface area (Å²) in [7, 11) is 1.95. The lowest BCUT2D eigenvalue weighted by atomic mass is 10.1. The lowest BCUT2D eigenvalue weighted by Crippen LogP contribution is -2.37. The first kappa shape index (κ1) is 13.9. The Balaban J connectivity index is 2.20. The summed E-state index contributed by atoms with van der Waals surface area (Å²) in [5.74, 6) is 1.27. The molecule has 0 aliphatic heterocycles. The van der Waals surface area contributed by atoms with E-state index in [9.17, 15) is 4.79 Å². The maximum absolute atomic E-state index is 11.7. The minimum atomic E-state index is 0.0833. The van der Waals surface area contributed by atoms with Crippen LogP contribution >= 0.6 is 0 Å². The lowest BCUT2D eigenvalue weighted by molar-refractivity contribution is -0.119. The van der Waals surface area contributed by atoms with Gasteiger partial charge < -0.3 is 9.88 Å². The zero-order chi connectivity index (χ0) is 12.9. The first-order chi connectivity index (χ1) is 7.88. The van der Waals surface area contributed by atoms with E-state index in [1.165, 1.54) is 0 Å². The Hall–Kier alpha value is -1.16. The fourth-order valence-electron chi connectivity index (χ4n) is 1.59. The van der Waals surface area contributed by atoms with Crippen molar-refractivity contribution in [2.45, 2.75) is 45.6 Å². The number of rotatable bonds is 6. The fourth-order valence-corrected chi connectivity index (χ4v) is 1.59. The van der Waals surface area contributed by atoms with E-state index in [2.05, 4.69) is 31.1 Å². The molecule has 0 aliphatic carbocycles. The Kier molecular flexibility index (Phi) is 4.87. The molecule has 0 unspecified atom stereocenters. The van der Waals surface area contributed by atoms with Crippen LogP contribution in [0.1, 0.15) is 39.4 Å². The maximum Gasteiger partial charge on any atom is 0.134 e. The van der Waals surface area contributed by atoms with E-state index in [4.69, 9.17) is 0 Å². The standard InChI is InChI=1S/C13H23N3O/c1-13(2,3)15-8-7-11(17)5-6-12-14-9-10-16(12)4/h9-10,15H,5-8H2,1-4H3. The number of ketones is 1. The molecule has 0 amide bonds. The zero-order valence-electron chi connectivity index (χ0n) is 11.3. The Morgan fingerprint density at radius 2 is 2.12 bits per heavy atom. The van der Waals surface area contributed by atoms with Crippen LogP contribution in [0, 0.1) is 0 Å². The molecule has 0 fully saturated rings. The van der Waals surface area contributed by atoms with Gasteiger partial charge in [-0.25, -0.2) is 4.98 Å². The molecule has 4 heteroatoms. The number of hydrogen-bond donors (Lipinski definition) is 1. The molecule has 0 radical (unpaired) electrons. The van der Waals surface area contributed by atoms with E-state index in [-0.39, 0.29) is 5.54 Å². The number of carbonyl (C=O) groups excluding carboxylic acids is 1. The van der Waals surface area contributed by atoms with Gasteiger partial charge in [0.1, 0.15) is 11.6 Å². The Bertz CT molecular complexity index is 363. The molecule has 17 heavy (non-hydrogen) atoms. The molecule has 0 atom stereocenters. The van der Waals surface area contributed by atoms with Crippen LogP contribution in [0.4, 0.5) is 0 Å². The van der Waals surface area contributed by atoms with Gasteiger partial charge in [-0.1, -0.05) is 0 Å². The highest BCUT2D eigenvalue weighted by Crippen LogP contribution is 2.02. The van der Waals surface area contributed by atoms with Crippen LogP contribution < -0.4 is 5.32 Å². The third-order valence-electron chi connectivity index (χ3n) is 2.61. The quantitative estimate of drug-likeness (QED) is 0.819. The van der Waals surface area contributed by atoms with Gasteiger partial charge in [0.25, 0.3) is 0 Å². The van der Waals surface area contributed by atoms with E-state index in [1.807, 2.05) is 17.8 Å². The number of nitrogens with zero attached hydrogens (tertiary/aromatic N) is 2. The number of nitrogens with one attached hydrogen (secondary N) is 1. The van der Waals surface area contributed by atoms with Crippen molar-refractivity contribution < 1.29 is 4.79 Å². The summed E-state index contributed by atoms with van der Waals surface area (Å²) in [5, 5.41) is 3.32. The van der Waals surface area contributed by atoms with Gasteiger partial charge in [0.05, 0.1) is 0 Å². The van der Waals surface area contributed by atoms with Crippen LogP contribution in [0.2, 0.25) is 0 Å². The fraction of sp³-hybridized carbons (Fsp3) is 0.692. The number of aryl methyl sites for hydroxylation is 2. The molecule has 1 heterocycles. The normalized spacial score (nSPS) is 11.8. The molecule has 96 valence electrons. The summed E-state index contributed by atoms with van der Waals surface area (Å²) in [4.78, 5) is 15.9. The minimum absolute atomic E-state index is 0.0833. The van der Waals surface area contributed by atoms with Crippen LogP contribution in [0.3, 0.4) is 0 Å². The highest BCUT2D eigenvalue weighted by atomic mass is 16.1. The molecule has 0 bridgehead atoms. The summed E-state index contributed by atoms with van der Waals surface area (Å²) in [6.07, 6.45) is 5.58. The molecular formula is C13H23N3O. The second-order valence-corrected chi connectivity index (χ2v) is 5.42. The number of aromatic nitrogens is 2. The Morgan fingerprint density at radius 3 is 2.65 bits per heavy atom. The average Bonchev–Trinajstić information content (AvgIpc) is 2.59. The van der Waals surface area contributed by atoms with E-state index in [1.54, 1.807) is 6.20 Å². The molecule has 0 aliphatic rings. The Labute approximate surface area is 103 Å². The van der Waals surface area contributed by atoms with Crippen LogP contribution in [-0.4, -0.2) is 27.4 Å².